The first-order chi connectivity index (χ1) is 13.8. The molecule has 0 fully saturated rings. The summed E-state index contributed by atoms with van der Waals surface area (Å²) in [5.41, 5.74) is 1.16. The maximum absolute atomic E-state index is 12.4. The van der Waals surface area contributed by atoms with Gasteiger partial charge in [-0.05, 0) is 36.8 Å². The van der Waals surface area contributed by atoms with E-state index in [1.807, 2.05) is 6.92 Å². The van der Waals surface area contributed by atoms with E-state index in [-0.39, 0.29) is 24.0 Å². The van der Waals surface area contributed by atoms with E-state index in [9.17, 15) is 13.2 Å². The highest BCUT2D eigenvalue weighted by atomic mass is 35.5. The average Bonchev–Trinajstić information content (AvgIpc) is 3.11. The molecule has 0 saturated heterocycles. The summed E-state index contributed by atoms with van der Waals surface area (Å²) in [5, 5.41) is 0.434. The van der Waals surface area contributed by atoms with Crippen LogP contribution < -0.4 is 19.2 Å². The molecule has 1 aliphatic rings. The molecule has 9 heteroatoms. The molecule has 1 aliphatic heterocycles. The molecule has 2 aromatic carbocycles. The van der Waals surface area contributed by atoms with Crippen molar-refractivity contribution in [3.05, 3.63) is 81.2 Å². The van der Waals surface area contributed by atoms with Crippen molar-refractivity contribution in [2.45, 2.75) is 18.4 Å². The zero-order chi connectivity index (χ0) is 20.6. The molecule has 0 aliphatic carbocycles. The van der Waals surface area contributed by atoms with Crippen LogP contribution in [0.3, 0.4) is 0 Å². The molecule has 0 amide bonds. The maximum Gasteiger partial charge on any atom is 0.339 e. The molecule has 0 spiro atoms. The first kappa shape index (κ1) is 19.4. The van der Waals surface area contributed by atoms with Crippen LogP contribution in [-0.4, -0.2) is 19.8 Å². The van der Waals surface area contributed by atoms with Crippen molar-refractivity contribution in [2.75, 3.05) is 6.79 Å². The van der Waals surface area contributed by atoms with E-state index < -0.39 is 15.7 Å². The quantitative estimate of drug-likeness (QED) is 0.574. The van der Waals surface area contributed by atoms with Crippen LogP contribution in [-0.2, 0) is 16.7 Å². The highest BCUT2D eigenvalue weighted by molar-refractivity contribution is 7.87. The molecular formula is C20H16ClNO6S. The second kappa shape index (κ2) is 7.46. The van der Waals surface area contributed by atoms with E-state index in [1.165, 1.54) is 29.0 Å². The summed E-state index contributed by atoms with van der Waals surface area (Å²) in [4.78, 5) is 12.5. The Bertz CT molecular complexity index is 1230. The van der Waals surface area contributed by atoms with Crippen molar-refractivity contribution in [3.63, 3.8) is 0 Å². The number of hydrogen-bond acceptors (Lipinski definition) is 6. The van der Waals surface area contributed by atoms with Crippen molar-refractivity contribution >= 4 is 21.7 Å². The van der Waals surface area contributed by atoms with Crippen molar-refractivity contribution in [3.8, 4) is 17.2 Å². The molecule has 150 valence electrons. The van der Waals surface area contributed by atoms with E-state index in [0.29, 0.717) is 22.1 Å². The Morgan fingerprint density at radius 1 is 1.07 bits per heavy atom. The topological polar surface area (TPSA) is 83.8 Å². The van der Waals surface area contributed by atoms with Crippen LogP contribution in [0, 0.1) is 6.92 Å². The lowest BCUT2D eigenvalue weighted by atomic mass is 10.2. The molecule has 0 atom stereocenters. The maximum atomic E-state index is 12.4. The Hall–Kier alpha value is -2.97. The van der Waals surface area contributed by atoms with Gasteiger partial charge in [0.1, 0.15) is 10.6 Å². The highest BCUT2D eigenvalue weighted by Crippen LogP contribution is 2.37. The van der Waals surface area contributed by atoms with Gasteiger partial charge in [0.25, 0.3) is 5.56 Å². The Morgan fingerprint density at radius 3 is 2.45 bits per heavy atom. The molecule has 0 radical (unpaired) electrons. The summed E-state index contributed by atoms with van der Waals surface area (Å²) in [5.74, 6) is 1.04. The molecule has 0 unspecified atom stereocenters. The summed E-state index contributed by atoms with van der Waals surface area (Å²) in [6.07, 6.45) is 1.45. The lowest BCUT2D eigenvalue weighted by Crippen LogP contribution is -2.20. The Labute approximate surface area is 172 Å². The fourth-order valence-corrected chi connectivity index (χ4v) is 3.95. The van der Waals surface area contributed by atoms with Gasteiger partial charge in [0.15, 0.2) is 11.5 Å². The first-order valence-electron chi connectivity index (χ1n) is 8.61. The van der Waals surface area contributed by atoms with Gasteiger partial charge in [-0.3, -0.25) is 4.79 Å². The number of aromatic nitrogens is 1. The van der Waals surface area contributed by atoms with Crippen molar-refractivity contribution in [1.29, 1.82) is 0 Å². The molecule has 2 heterocycles. The van der Waals surface area contributed by atoms with Gasteiger partial charge in [-0.1, -0.05) is 29.3 Å². The third-order valence-electron chi connectivity index (χ3n) is 4.37. The van der Waals surface area contributed by atoms with Gasteiger partial charge in [0.2, 0.25) is 6.79 Å². The van der Waals surface area contributed by atoms with Crippen molar-refractivity contribution in [1.82, 2.24) is 4.57 Å². The second-order valence-corrected chi connectivity index (χ2v) is 8.43. The zero-order valence-corrected chi connectivity index (χ0v) is 16.9. The minimum absolute atomic E-state index is 0.0134. The summed E-state index contributed by atoms with van der Waals surface area (Å²) in [7, 11) is -4.03. The lowest BCUT2D eigenvalue weighted by Gasteiger charge is -2.11. The van der Waals surface area contributed by atoms with Gasteiger partial charge in [-0.15, -0.1) is 0 Å². The van der Waals surface area contributed by atoms with E-state index in [4.69, 9.17) is 25.3 Å². The van der Waals surface area contributed by atoms with Crippen LogP contribution in [0.1, 0.15) is 11.1 Å². The summed E-state index contributed by atoms with van der Waals surface area (Å²) >= 11 is 6.25. The predicted octanol–water partition coefficient (Wildman–Crippen LogP) is 3.35. The molecule has 4 rings (SSSR count). The number of ether oxygens (including phenoxy) is 2. The minimum Gasteiger partial charge on any atom is -0.454 e. The van der Waals surface area contributed by atoms with Crippen molar-refractivity contribution in [2.24, 2.45) is 0 Å². The molecule has 1 aromatic heterocycles. The number of pyridine rings is 1. The van der Waals surface area contributed by atoms with Gasteiger partial charge in [0.05, 0.1) is 6.54 Å². The number of fused-ring (bicyclic) bond motifs is 1. The third-order valence-corrected chi connectivity index (χ3v) is 5.98. The van der Waals surface area contributed by atoms with Crippen LogP contribution in [0.5, 0.6) is 17.2 Å². The van der Waals surface area contributed by atoms with E-state index >= 15 is 0 Å². The fourth-order valence-electron chi connectivity index (χ4n) is 2.82. The smallest absolute Gasteiger partial charge is 0.339 e. The number of aryl methyl sites for hydroxylation is 1. The molecule has 0 N–H and O–H groups in total. The second-order valence-electron chi connectivity index (χ2n) is 6.48. The van der Waals surface area contributed by atoms with Gasteiger partial charge < -0.3 is 18.2 Å². The molecular weight excluding hydrogens is 418 g/mol. The number of benzene rings is 2. The number of nitrogens with zero attached hydrogens (tertiary/aromatic N) is 1. The number of rotatable bonds is 5. The Balaban J connectivity index is 1.56. The SMILES string of the molecule is Cc1ccc(S(=O)(=O)Oc2ccn(Cc3cc4c(cc3Cl)OCO4)c(=O)c2)cc1. The summed E-state index contributed by atoms with van der Waals surface area (Å²) in [6, 6.07) is 12.1. The molecule has 29 heavy (non-hydrogen) atoms. The monoisotopic (exact) mass is 433 g/mol. The van der Waals surface area contributed by atoms with Crippen LogP contribution in [0.4, 0.5) is 0 Å². The largest absolute Gasteiger partial charge is 0.454 e. The molecule has 0 saturated carbocycles. The van der Waals surface area contributed by atoms with Gasteiger partial charge in [-0.2, -0.15) is 8.42 Å². The standard InChI is InChI=1S/C20H16ClNO6S/c1-13-2-4-16(5-3-13)29(24,25)28-15-6-7-22(20(23)9-15)11-14-8-18-19(10-17(14)21)27-12-26-18/h2-10H,11-12H2,1H3. The van der Waals surface area contributed by atoms with E-state index in [1.54, 1.807) is 24.3 Å². The van der Waals surface area contributed by atoms with Crippen LogP contribution in [0.15, 0.2) is 64.4 Å². The van der Waals surface area contributed by atoms with E-state index in [0.717, 1.165) is 11.6 Å². The minimum atomic E-state index is -4.03. The summed E-state index contributed by atoms with van der Waals surface area (Å²) < 4.78 is 41.8. The van der Waals surface area contributed by atoms with Gasteiger partial charge in [0, 0.05) is 23.4 Å². The highest BCUT2D eigenvalue weighted by Gasteiger charge is 2.19. The van der Waals surface area contributed by atoms with Crippen LogP contribution in [0.2, 0.25) is 5.02 Å². The first-order valence-corrected chi connectivity index (χ1v) is 10.4. The molecule has 7 nitrogen and oxygen atoms in total. The number of hydrogen-bond donors (Lipinski definition) is 0. The normalized spacial score (nSPS) is 12.8. The van der Waals surface area contributed by atoms with Gasteiger partial charge in [-0.25, -0.2) is 0 Å². The third kappa shape index (κ3) is 4.08. The molecule has 3 aromatic rings. The van der Waals surface area contributed by atoms with Crippen LogP contribution in [0.25, 0.3) is 0 Å². The van der Waals surface area contributed by atoms with Crippen LogP contribution >= 0.6 is 11.6 Å². The zero-order valence-electron chi connectivity index (χ0n) is 15.3. The van der Waals surface area contributed by atoms with E-state index in [2.05, 4.69) is 0 Å². The van der Waals surface area contributed by atoms with Gasteiger partial charge >= 0.3 is 10.1 Å². The predicted molar refractivity (Wildman–Crippen MR) is 106 cm³/mol. The lowest BCUT2D eigenvalue weighted by molar-refractivity contribution is 0.174. The Kier molecular flexibility index (Phi) is 4.97. The van der Waals surface area contributed by atoms with Crippen molar-refractivity contribution < 1.29 is 22.1 Å². The fraction of sp³-hybridized carbons (Fsp3) is 0.150. The number of halogens is 1. The molecule has 0 bridgehead atoms. The average molecular weight is 434 g/mol. The Morgan fingerprint density at radius 2 is 1.76 bits per heavy atom. The summed E-state index contributed by atoms with van der Waals surface area (Å²) in [6.45, 7) is 2.15.